The fourth-order valence-corrected chi connectivity index (χ4v) is 3.65. The summed E-state index contributed by atoms with van der Waals surface area (Å²) in [5.74, 6) is 1.22. The van der Waals surface area contributed by atoms with Gasteiger partial charge in [0.1, 0.15) is 17.4 Å². The molecule has 0 amide bonds. The van der Waals surface area contributed by atoms with Crippen molar-refractivity contribution in [1.82, 2.24) is 25.3 Å². The standard InChI is InChI=1S/C25H30F2N8O3/c1-17(31-16-18-7-8-29-21(15-18)30-9-10-35-11-13-36-14-12-35)32-22(28)24-33-23(34-38-24)19-3-5-20(6-4-19)37-25(2,26)27/h3-8,15H,9-14,16H2,1-2H3,(H,29,30)(H2,28,31,32). The van der Waals surface area contributed by atoms with E-state index in [1.165, 1.54) is 24.3 Å². The molecule has 2 aromatic heterocycles. The van der Waals surface area contributed by atoms with Gasteiger partial charge in [0.15, 0.2) is 0 Å². The van der Waals surface area contributed by atoms with Gasteiger partial charge in [0.2, 0.25) is 11.7 Å². The van der Waals surface area contributed by atoms with Gasteiger partial charge in [-0.05, 0) is 48.9 Å². The third kappa shape index (κ3) is 8.28. The van der Waals surface area contributed by atoms with Crippen molar-refractivity contribution in [2.24, 2.45) is 4.99 Å². The summed E-state index contributed by atoms with van der Waals surface area (Å²) in [6.07, 6.45) is -1.53. The number of aliphatic imine (C=N–C) groups is 1. The molecule has 4 rings (SSSR count). The molecule has 202 valence electrons. The molecule has 38 heavy (non-hydrogen) atoms. The maximum absolute atomic E-state index is 13.0. The van der Waals surface area contributed by atoms with Gasteiger partial charge in [-0.15, -0.1) is 0 Å². The lowest BCUT2D eigenvalue weighted by molar-refractivity contribution is -0.158. The number of morpholine rings is 1. The molecule has 3 aromatic rings. The summed E-state index contributed by atoms with van der Waals surface area (Å²) in [5.41, 5.74) is 1.52. The minimum absolute atomic E-state index is 0.00842. The van der Waals surface area contributed by atoms with E-state index in [1.54, 1.807) is 13.1 Å². The molecule has 1 aliphatic heterocycles. The van der Waals surface area contributed by atoms with Crippen molar-refractivity contribution in [3.63, 3.8) is 0 Å². The van der Waals surface area contributed by atoms with Crippen molar-refractivity contribution in [2.75, 3.05) is 44.7 Å². The SMILES string of the molecule is C/C(=N/C(=N)c1nc(-c2ccc(OC(C)(F)F)cc2)no1)NCc1ccnc(NCCN2CCOCC2)c1. The molecule has 3 heterocycles. The van der Waals surface area contributed by atoms with Gasteiger partial charge in [-0.3, -0.25) is 10.3 Å². The Morgan fingerprint density at radius 2 is 1.97 bits per heavy atom. The van der Waals surface area contributed by atoms with Gasteiger partial charge in [0, 0.05) is 51.4 Å². The van der Waals surface area contributed by atoms with Gasteiger partial charge in [-0.25, -0.2) is 9.98 Å². The summed E-state index contributed by atoms with van der Waals surface area (Å²) in [6, 6.07) is 9.68. The van der Waals surface area contributed by atoms with Gasteiger partial charge in [0.25, 0.3) is 5.89 Å². The van der Waals surface area contributed by atoms with Crippen molar-refractivity contribution in [3.8, 4) is 17.1 Å². The number of benzene rings is 1. The number of aromatic nitrogens is 3. The van der Waals surface area contributed by atoms with Gasteiger partial charge in [0.05, 0.1) is 13.2 Å². The van der Waals surface area contributed by atoms with Crippen LogP contribution in [0.3, 0.4) is 0 Å². The number of rotatable bonds is 10. The van der Waals surface area contributed by atoms with Gasteiger partial charge < -0.3 is 24.6 Å². The highest BCUT2D eigenvalue weighted by Crippen LogP contribution is 2.24. The Labute approximate surface area is 218 Å². The molecule has 0 unspecified atom stereocenters. The number of amidine groups is 2. The first-order chi connectivity index (χ1) is 18.2. The topological polar surface area (TPSA) is 134 Å². The smallest absolute Gasteiger partial charge is 0.394 e. The highest BCUT2D eigenvalue weighted by atomic mass is 19.3. The maximum Gasteiger partial charge on any atom is 0.394 e. The minimum atomic E-state index is -3.28. The molecular weight excluding hydrogens is 498 g/mol. The van der Waals surface area contributed by atoms with Crippen LogP contribution in [0.5, 0.6) is 5.75 Å². The Balaban J connectivity index is 1.27. The lowest BCUT2D eigenvalue weighted by atomic mass is 10.2. The monoisotopic (exact) mass is 528 g/mol. The second kappa shape index (κ2) is 12.5. The van der Waals surface area contributed by atoms with E-state index in [2.05, 4.69) is 40.4 Å². The Kier molecular flexibility index (Phi) is 8.92. The second-order valence-electron chi connectivity index (χ2n) is 8.69. The predicted octanol–water partition coefficient (Wildman–Crippen LogP) is 3.40. The number of nitrogens with one attached hydrogen (secondary N) is 3. The van der Waals surface area contributed by atoms with Crippen molar-refractivity contribution in [3.05, 3.63) is 54.0 Å². The average Bonchev–Trinajstić information content (AvgIpc) is 3.39. The predicted molar refractivity (Wildman–Crippen MR) is 138 cm³/mol. The van der Waals surface area contributed by atoms with E-state index in [9.17, 15) is 8.78 Å². The molecule has 1 saturated heterocycles. The highest BCUT2D eigenvalue weighted by Gasteiger charge is 2.23. The molecule has 11 nitrogen and oxygen atoms in total. The normalized spacial score (nSPS) is 14.8. The Bertz CT molecular complexity index is 1240. The second-order valence-corrected chi connectivity index (χ2v) is 8.69. The molecule has 0 aliphatic carbocycles. The summed E-state index contributed by atoms with van der Waals surface area (Å²) >= 11 is 0. The van der Waals surface area contributed by atoms with E-state index >= 15 is 0 Å². The lowest BCUT2D eigenvalue weighted by Gasteiger charge is -2.26. The average molecular weight is 529 g/mol. The number of halogens is 2. The first kappa shape index (κ1) is 27.1. The van der Waals surface area contributed by atoms with Crippen LogP contribution >= 0.6 is 0 Å². The van der Waals surface area contributed by atoms with E-state index in [0.717, 1.165) is 50.8 Å². The first-order valence-corrected chi connectivity index (χ1v) is 12.1. The van der Waals surface area contributed by atoms with Crippen molar-refractivity contribution < 1.29 is 22.8 Å². The summed E-state index contributed by atoms with van der Waals surface area (Å²) in [5, 5.41) is 18.5. The van der Waals surface area contributed by atoms with Crippen LogP contribution in [-0.2, 0) is 11.3 Å². The number of anilines is 1. The van der Waals surface area contributed by atoms with Crippen LogP contribution in [-0.4, -0.2) is 77.2 Å². The molecular formula is C25H30F2N8O3. The number of nitrogens with zero attached hydrogens (tertiary/aromatic N) is 5. The summed E-state index contributed by atoms with van der Waals surface area (Å²) in [7, 11) is 0. The number of ether oxygens (including phenoxy) is 2. The number of alkyl halides is 2. The number of hydrogen-bond acceptors (Lipinski definition) is 9. The van der Waals surface area contributed by atoms with Crippen molar-refractivity contribution >= 4 is 17.5 Å². The molecule has 0 spiro atoms. The molecule has 0 atom stereocenters. The highest BCUT2D eigenvalue weighted by molar-refractivity contribution is 6.01. The fourth-order valence-electron chi connectivity index (χ4n) is 3.65. The fraction of sp³-hybridized carbons (Fsp3) is 0.400. The van der Waals surface area contributed by atoms with Crippen LogP contribution in [0.4, 0.5) is 14.6 Å². The van der Waals surface area contributed by atoms with Gasteiger partial charge >= 0.3 is 6.11 Å². The van der Waals surface area contributed by atoms with Crippen LogP contribution in [0.25, 0.3) is 11.4 Å². The molecule has 3 N–H and O–H groups in total. The van der Waals surface area contributed by atoms with Crippen LogP contribution in [0.1, 0.15) is 25.3 Å². The summed E-state index contributed by atoms with van der Waals surface area (Å²) in [6.45, 7) is 8.05. The van der Waals surface area contributed by atoms with E-state index in [0.29, 0.717) is 24.9 Å². The summed E-state index contributed by atoms with van der Waals surface area (Å²) in [4.78, 5) is 15.1. The van der Waals surface area contributed by atoms with Crippen LogP contribution in [0.15, 0.2) is 52.1 Å². The van der Waals surface area contributed by atoms with Crippen molar-refractivity contribution in [1.29, 1.82) is 5.41 Å². The molecule has 0 bridgehead atoms. The Hall–Kier alpha value is -3.97. The molecule has 0 radical (unpaired) electrons. The molecule has 13 heteroatoms. The number of hydrogen-bond donors (Lipinski definition) is 3. The molecule has 1 fully saturated rings. The van der Waals surface area contributed by atoms with Crippen LogP contribution < -0.4 is 15.4 Å². The summed E-state index contributed by atoms with van der Waals surface area (Å²) < 4.78 is 41.0. The van der Waals surface area contributed by atoms with E-state index in [1.807, 2.05) is 12.1 Å². The van der Waals surface area contributed by atoms with Crippen LogP contribution in [0, 0.1) is 5.41 Å². The van der Waals surface area contributed by atoms with Gasteiger partial charge in [-0.2, -0.15) is 13.8 Å². The van der Waals surface area contributed by atoms with E-state index < -0.39 is 6.11 Å². The Morgan fingerprint density at radius 1 is 1.21 bits per heavy atom. The van der Waals surface area contributed by atoms with Crippen LogP contribution in [0.2, 0.25) is 0 Å². The first-order valence-electron chi connectivity index (χ1n) is 12.1. The lowest BCUT2D eigenvalue weighted by Crippen LogP contribution is -2.39. The van der Waals surface area contributed by atoms with Gasteiger partial charge in [-0.1, -0.05) is 5.16 Å². The zero-order valence-electron chi connectivity index (χ0n) is 21.2. The quantitative estimate of drug-likeness (QED) is 0.267. The number of pyridine rings is 1. The largest absolute Gasteiger partial charge is 0.433 e. The zero-order chi connectivity index (χ0) is 27.0. The molecule has 1 aromatic carbocycles. The van der Waals surface area contributed by atoms with Crippen molar-refractivity contribution in [2.45, 2.75) is 26.5 Å². The Morgan fingerprint density at radius 3 is 2.71 bits per heavy atom. The third-order valence-corrected chi connectivity index (χ3v) is 5.53. The zero-order valence-corrected chi connectivity index (χ0v) is 21.2. The third-order valence-electron chi connectivity index (χ3n) is 5.53. The van der Waals surface area contributed by atoms with E-state index in [-0.39, 0.29) is 23.3 Å². The van der Waals surface area contributed by atoms with E-state index in [4.69, 9.17) is 14.7 Å². The minimum Gasteiger partial charge on any atom is -0.433 e. The molecule has 0 saturated carbocycles. The molecule has 1 aliphatic rings. The maximum atomic E-state index is 13.0.